The van der Waals surface area contributed by atoms with E-state index in [1.165, 1.54) is 20.5 Å². The summed E-state index contributed by atoms with van der Waals surface area (Å²) in [7, 11) is 2.84. The summed E-state index contributed by atoms with van der Waals surface area (Å²) in [6.07, 6.45) is 1.38. The zero-order chi connectivity index (χ0) is 18.4. The van der Waals surface area contributed by atoms with Crippen LogP contribution in [0.5, 0.6) is 0 Å². The molecule has 0 aliphatic carbocycles. The summed E-state index contributed by atoms with van der Waals surface area (Å²) in [5, 5.41) is 0. The van der Waals surface area contributed by atoms with Crippen molar-refractivity contribution >= 4 is 34.9 Å². The second-order valence-electron chi connectivity index (χ2n) is 5.47. The Morgan fingerprint density at radius 2 is 1.92 bits per heavy atom. The van der Waals surface area contributed by atoms with Crippen LogP contribution in [0.4, 0.5) is 5.69 Å². The lowest BCUT2D eigenvalue weighted by Crippen LogP contribution is -2.12. The molecule has 0 saturated carbocycles. The van der Waals surface area contributed by atoms with Gasteiger partial charge >= 0.3 is 5.97 Å². The summed E-state index contributed by atoms with van der Waals surface area (Å²) in [5.74, 6) is 0.884. The van der Waals surface area contributed by atoms with Crippen LogP contribution in [-0.2, 0) is 25.6 Å². The Kier molecular flexibility index (Phi) is 5.96. The third-order valence-corrected chi connectivity index (χ3v) is 4.85. The molecule has 0 spiro atoms. The van der Waals surface area contributed by atoms with Gasteiger partial charge in [0.2, 0.25) is 0 Å². The first-order valence-electron chi connectivity index (χ1n) is 8.04. The van der Waals surface area contributed by atoms with Gasteiger partial charge in [-0.15, -0.1) is 11.8 Å². The van der Waals surface area contributed by atoms with Gasteiger partial charge < -0.3 is 14.2 Å². The van der Waals surface area contributed by atoms with Crippen molar-refractivity contribution in [3.63, 3.8) is 0 Å². The summed E-state index contributed by atoms with van der Waals surface area (Å²) in [4.78, 5) is 17.8. The predicted octanol–water partition coefficient (Wildman–Crippen LogP) is 4.20. The standard InChI is InChI=1S/C20H19NO4S/c1-23-12-16(20(22)24-2)15-8-4-3-7-14(15)11-25-19-13-26-18-10-6-5-9-17(18)21-19/h3-10,12H,11,13H2,1-2H3. The normalized spacial score (nSPS) is 13.5. The molecule has 0 amide bonds. The number of nitrogens with zero attached hydrogens (tertiary/aromatic N) is 1. The zero-order valence-corrected chi connectivity index (χ0v) is 15.4. The van der Waals surface area contributed by atoms with Crippen molar-refractivity contribution in [2.45, 2.75) is 11.5 Å². The molecule has 0 fully saturated rings. The van der Waals surface area contributed by atoms with Crippen LogP contribution in [0.15, 0.2) is 64.7 Å². The third kappa shape index (κ3) is 4.08. The lowest BCUT2D eigenvalue weighted by molar-refractivity contribution is -0.133. The fraction of sp³-hybridized carbons (Fsp3) is 0.200. The number of thioether (sulfide) groups is 1. The zero-order valence-electron chi connectivity index (χ0n) is 14.6. The van der Waals surface area contributed by atoms with E-state index in [4.69, 9.17) is 14.2 Å². The molecule has 0 unspecified atom stereocenters. The van der Waals surface area contributed by atoms with Gasteiger partial charge in [-0.2, -0.15) is 0 Å². The molecule has 0 N–H and O–H groups in total. The monoisotopic (exact) mass is 369 g/mol. The number of carbonyl (C=O) groups is 1. The molecule has 6 heteroatoms. The molecule has 1 aliphatic heterocycles. The maximum absolute atomic E-state index is 12.1. The van der Waals surface area contributed by atoms with Crippen LogP contribution < -0.4 is 0 Å². The van der Waals surface area contributed by atoms with Crippen molar-refractivity contribution in [3.05, 3.63) is 65.9 Å². The first-order valence-corrected chi connectivity index (χ1v) is 9.03. The summed E-state index contributed by atoms with van der Waals surface area (Å²) in [6, 6.07) is 15.5. The van der Waals surface area contributed by atoms with Gasteiger partial charge in [-0.05, 0) is 23.3 Å². The van der Waals surface area contributed by atoms with Gasteiger partial charge in [0.25, 0.3) is 0 Å². The Bertz CT molecular complexity index is 860. The number of para-hydroxylation sites is 1. The van der Waals surface area contributed by atoms with E-state index in [-0.39, 0.29) is 0 Å². The smallest absolute Gasteiger partial charge is 0.341 e. The van der Waals surface area contributed by atoms with E-state index < -0.39 is 5.97 Å². The highest BCUT2D eigenvalue weighted by atomic mass is 32.2. The number of fused-ring (bicyclic) bond motifs is 1. The van der Waals surface area contributed by atoms with E-state index >= 15 is 0 Å². The highest BCUT2D eigenvalue weighted by molar-refractivity contribution is 8.00. The number of benzene rings is 2. The van der Waals surface area contributed by atoms with E-state index in [2.05, 4.69) is 4.99 Å². The molecule has 0 radical (unpaired) electrons. The summed E-state index contributed by atoms with van der Waals surface area (Å²) >= 11 is 1.70. The Morgan fingerprint density at radius 3 is 2.73 bits per heavy atom. The molecule has 2 aromatic rings. The quantitative estimate of drug-likeness (QED) is 0.449. The van der Waals surface area contributed by atoms with E-state index in [1.807, 2.05) is 48.5 Å². The van der Waals surface area contributed by atoms with Crippen LogP contribution in [0.25, 0.3) is 5.57 Å². The van der Waals surface area contributed by atoms with Gasteiger partial charge in [0.05, 0.1) is 31.9 Å². The SMILES string of the molecule is COC=C(C(=O)OC)c1ccccc1COC1=Nc2ccccc2SC1. The number of ether oxygens (including phenoxy) is 3. The fourth-order valence-electron chi connectivity index (χ4n) is 2.57. The Balaban J connectivity index is 1.80. The summed E-state index contributed by atoms with van der Waals surface area (Å²) < 4.78 is 15.8. The molecule has 0 bridgehead atoms. The molecular weight excluding hydrogens is 350 g/mol. The van der Waals surface area contributed by atoms with Crippen LogP contribution in [0.1, 0.15) is 11.1 Å². The molecule has 134 valence electrons. The van der Waals surface area contributed by atoms with E-state index in [0.717, 1.165) is 16.1 Å². The first kappa shape index (κ1) is 18.1. The number of methoxy groups -OCH3 is 2. The van der Waals surface area contributed by atoms with Gasteiger partial charge in [-0.25, -0.2) is 9.79 Å². The summed E-state index contributed by atoms with van der Waals surface area (Å²) in [5.41, 5.74) is 2.83. The van der Waals surface area contributed by atoms with Crippen LogP contribution >= 0.6 is 11.8 Å². The average molecular weight is 369 g/mol. The number of hydrogen-bond donors (Lipinski definition) is 0. The van der Waals surface area contributed by atoms with Gasteiger partial charge in [0, 0.05) is 4.90 Å². The van der Waals surface area contributed by atoms with Crippen LogP contribution in [-0.4, -0.2) is 31.8 Å². The van der Waals surface area contributed by atoms with Gasteiger partial charge in [-0.1, -0.05) is 36.4 Å². The highest BCUT2D eigenvalue weighted by Gasteiger charge is 2.18. The molecule has 2 aromatic carbocycles. The number of carbonyl (C=O) groups excluding carboxylic acids is 1. The van der Waals surface area contributed by atoms with Gasteiger partial charge in [0.15, 0.2) is 5.90 Å². The van der Waals surface area contributed by atoms with Crippen molar-refractivity contribution in [1.82, 2.24) is 0 Å². The molecule has 26 heavy (non-hydrogen) atoms. The van der Waals surface area contributed by atoms with E-state index in [0.29, 0.717) is 29.4 Å². The number of aliphatic imine (C=N–C) groups is 1. The Morgan fingerprint density at radius 1 is 1.15 bits per heavy atom. The second kappa shape index (κ2) is 8.58. The van der Waals surface area contributed by atoms with Crippen LogP contribution in [0, 0.1) is 0 Å². The second-order valence-corrected chi connectivity index (χ2v) is 6.48. The molecule has 0 aromatic heterocycles. The first-order chi connectivity index (χ1) is 12.7. The van der Waals surface area contributed by atoms with Crippen LogP contribution in [0.3, 0.4) is 0 Å². The summed E-state index contributed by atoms with van der Waals surface area (Å²) in [6.45, 7) is 0.301. The lowest BCUT2D eigenvalue weighted by Gasteiger charge is -2.17. The number of rotatable bonds is 5. The minimum atomic E-state index is -0.459. The largest absolute Gasteiger partial charge is 0.503 e. The predicted molar refractivity (Wildman–Crippen MR) is 102 cm³/mol. The Labute approximate surface area is 156 Å². The molecule has 1 aliphatic rings. The average Bonchev–Trinajstić information content (AvgIpc) is 2.70. The third-order valence-electron chi connectivity index (χ3n) is 3.80. The number of hydrogen-bond acceptors (Lipinski definition) is 6. The molecule has 1 heterocycles. The Hall–Kier alpha value is -2.73. The molecule has 5 nitrogen and oxygen atoms in total. The van der Waals surface area contributed by atoms with Crippen molar-refractivity contribution in [2.24, 2.45) is 4.99 Å². The number of esters is 1. The molecule has 0 atom stereocenters. The fourth-order valence-corrected chi connectivity index (χ4v) is 3.43. The van der Waals surface area contributed by atoms with Gasteiger partial charge in [0.1, 0.15) is 12.2 Å². The van der Waals surface area contributed by atoms with Gasteiger partial charge in [-0.3, -0.25) is 0 Å². The minimum Gasteiger partial charge on any atom is -0.503 e. The van der Waals surface area contributed by atoms with Crippen molar-refractivity contribution in [1.29, 1.82) is 0 Å². The maximum Gasteiger partial charge on any atom is 0.341 e. The topological polar surface area (TPSA) is 57.1 Å². The van der Waals surface area contributed by atoms with Crippen molar-refractivity contribution < 1.29 is 19.0 Å². The molecule has 0 saturated heterocycles. The highest BCUT2D eigenvalue weighted by Crippen LogP contribution is 2.33. The minimum absolute atomic E-state index is 0.301. The van der Waals surface area contributed by atoms with Crippen molar-refractivity contribution in [2.75, 3.05) is 20.0 Å². The molecular formula is C20H19NO4S. The van der Waals surface area contributed by atoms with Crippen molar-refractivity contribution in [3.8, 4) is 0 Å². The molecule has 3 rings (SSSR count). The maximum atomic E-state index is 12.1. The van der Waals surface area contributed by atoms with E-state index in [9.17, 15) is 4.79 Å². The van der Waals surface area contributed by atoms with E-state index in [1.54, 1.807) is 11.8 Å². The van der Waals surface area contributed by atoms with Crippen LogP contribution in [0.2, 0.25) is 0 Å². The lowest BCUT2D eigenvalue weighted by atomic mass is 10.0.